The largest absolute Gasteiger partial charge is 0.469 e. The molecule has 0 spiro atoms. The lowest BCUT2D eigenvalue weighted by molar-refractivity contribution is -0.143. The minimum atomic E-state index is -4.57. The quantitative estimate of drug-likeness (QED) is 0.372. The summed E-state index contributed by atoms with van der Waals surface area (Å²) in [5.74, 6) is -0.518. The van der Waals surface area contributed by atoms with E-state index in [1.54, 1.807) is 12.1 Å². The molecule has 2 aromatic heterocycles. The summed E-state index contributed by atoms with van der Waals surface area (Å²) in [6, 6.07) is 6.41. The van der Waals surface area contributed by atoms with E-state index in [0.717, 1.165) is 12.1 Å². The van der Waals surface area contributed by atoms with E-state index in [4.69, 9.17) is 4.74 Å². The van der Waals surface area contributed by atoms with Crippen molar-refractivity contribution in [2.75, 3.05) is 14.2 Å². The molecule has 12 heteroatoms. The predicted molar refractivity (Wildman–Crippen MR) is 133 cm³/mol. The highest BCUT2D eigenvalue weighted by atomic mass is 19.4. The summed E-state index contributed by atoms with van der Waals surface area (Å²) in [7, 11) is 2.58. The van der Waals surface area contributed by atoms with Gasteiger partial charge in [0.2, 0.25) is 0 Å². The number of carbonyl (C=O) groups excluding carboxylic acids is 1. The van der Waals surface area contributed by atoms with Crippen molar-refractivity contribution in [3.8, 4) is 23.1 Å². The van der Waals surface area contributed by atoms with Gasteiger partial charge < -0.3 is 19.7 Å². The maximum absolute atomic E-state index is 13.6. The molecular weight excluding hydrogens is 505 g/mol. The Morgan fingerprint density at radius 3 is 2.55 bits per heavy atom. The molecule has 2 N–H and O–H groups in total. The first-order valence-corrected chi connectivity index (χ1v) is 11.7. The fourth-order valence-corrected chi connectivity index (χ4v) is 3.80. The summed E-state index contributed by atoms with van der Waals surface area (Å²) in [5, 5.41) is 25.2. The van der Waals surface area contributed by atoms with E-state index >= 15 is 0 Å². The molecular formula is C26H29F3N4O5. The zero-order valence-corrected chi connectivity index (χ0v) is 21.3. The summed E-state index contributed by atoms with van der Waals surface area (Å²) < 4.78 is 51.7. The second-order valence-corrected chi connectivity index (χ2v) is 8.79. The van der Waals surface area contributed by atoms with Gasteiger partial charge in [0.15, 0.2) is 5.82 Å². The van der Waals surface area contributed by atoms with Gasteiger partial charge in [-0.2, -0.15) is 23.3 Å². The second-order valence-electron chi connectivity index (χ2n) is 8.79. The van der Waals surface area contributed by atoms with E-state index in [-0.39, 0.29) is 36.2 Å². The zero-order chi connectivity index (χ0) is 28.0. The van der Waals surface area contributed by atoms with Crippen LogP contribution in [0, 0.1) is 0 Å². The van der Waals surface area contributed by atoms with Gasteiger partial charge in [-0.1, -0.05) is 38.1 Å². The molecule has 3 rings (SSSR count). The van der Waals surface area contributed by atoms with Crippen LogP contribution in [0.25, 0.3) is 23.2 Å². The number of aliphatic hydroxyl groups is 2. The fourth-order valence-electron chi connectivity index (χ4n) is 3.80. The molecule has 0 aliphatic carbocycles. The van der Waals surface area contributed by atoms with Crippen molar-refractivity contribution in [1.82, 2.24) is 19.7 Å². The van der Waals surface area contributed by atoms with E-state index in [9.17, 15) is 28.2 Å². The van der Waals surface area contributed by atoms with Crippen molar-refractivity contribution in [3.63, 3.8) is 0 Å². The second kappa shape index (κ2) is 12.2. The summed E-state index contributed by atoms with van der Waals surface area (Å²) in [6.45, 7) is 3.74. The van der Waals surface area contributed by atoms with Gasteiger partial charge in [0, 0.05) is 29.8 Å². The van der Waals surface area contributed by atoms with Gasteiger partial charge >= 0.3 is 18.2 Å². The van der Waals surface area contributed by atoms with E-state index in [2.05, 4.69) is 19.8 Å². The van der Waals surface area contributed by atoms with E-state index < -0.39 is 29.9 Å². The number of alkyl halides is 3. The maximum atomic E-state index is 13.6. The van der Waals surface area contributed by atoms with Crippen LogP contribution in [-0.4, -0.2) is 62.4 Å². The van der Waals surface area contributed by atoms with E-state index in [0.29, 0.717) is 17.0 Å². The van der Waals surface area contributed by atoms with Crippen molar-refractivity contribution >= 4 is 12.0 Å². The highest BCUT2D eigenvalue weighted by molar-refractivity contribution is 5.76. The van der Waals surface area contributed by atoms with Crippen molar-refractivity contribution in [3.05, 3.63) is 59.4 Å². The number of ether oxygens (including phenoxy) is 2. The Morgan fingerprint density at radius 1 is 1.18 bits per heavy atom. The average Bonchev–Trinajstić information content (AvgIpc) is 3.26. The lowest BCUT2D eigenvalue weighted by atomic mass is 9.97. The van der Waals surface area contributed by atoms with Crippen LogP contribution in [0.2, 0.25) is 0 Å². The Kier molecular flexibility index (Phi) is 9.23. The number of esters is 1. The first-order chi connectivity index (χ1) is 17.9. The normalized spacial score (nSPS) is 13.6. The molecule has 204 valence electrons. The van der Waals surface area contributed by atoms with Crippen LogP contribution in [-0.2, 0) is 15.7 Å². The predicted octanol–water partition coefficient (Wildman–Crippen LogP) is 4.17. The summed E-state index contributed by atoms with van der Waals surface area (Å²) in [6.07, 6.45) is -2.94. The molecule has 0 unspecified atom stereocenters. The number of benzene rings is 1. The number of hydrogen-bond donors (Lipinski definition) is 2. The molecule has 0 saturated heterocycles. The average molecular weight is 535 g/mol. The third kappa shape index (κ3) is 6.95. The van der Waals surface area contributed by atoms with Crippen LogP contribution in [0.5, 0.6) is 6.01 Å². The Hall–Kier alpha value is -3.77. The Morgan fingerprint density at radius 2 is 1.92 bits per heavy atom. The van der Waals surface area contributed by atoms with Crippen molar-refractivity contribution < 1.29 is 37.7 Å². The molecule has 2 heterocycles. The van der Waals surface area contributed by atoms with Gasteiger partial charge in [-0.25, -0.2) is 9.67 Å². The van der Waals surface area contributed by atoms with Crippen LogP contribution in [0.15, 0.2) is 42.6 Å². The number of aromatic nitrogens is 4. The number of nitrogens with zero attached hydrogens (tertiary/aromatic N) is 4. The molecule has 0 bridgehead atoms. The molecule has 0 aliphatic rings. The first-order valence-electron chi connectivity index (χ1n) is 11.7. The number of rotatable bonds is 10. The molecule has 3 aromatic rings. The SMILES string of the molecule is COC(=O)C[C@H](O)C[C@H](O)/C=C/c1c(C(C)C)nn(-c2ccnc(OC)n2)c1-c1cccc(C(F)(F)F)c1. The monoisotopic (exact) mass is 534 g/mol. The van der Waals surface area contributed by atoms with Crippen molar-refractivity contribution in [2.24, 2.45) is 0 Å². The molecule has 2 atom stereocenters. The van der Waals surface area contributed by atoms with Crippen LogP contribution >= 0.6 is 0 Å². The summed E-state index contributed by atoms with van der Waals surface area (Å²) >= 11 is 0. The number of methoxy groups -OCH3 is 2. The first kappa shape index (κ1) is 28.8. The minimum Gasteiger partial charge on any atom is -0.469 e. The zero-order valence-electron chi connectivity index (χ0n) is 21.3. The van der Waals surface area contributed by atoms with Gasteiger partial charge in [-0.3, -0.25) is 4.79 Å². The maximum Gasteiger partial charge on any atom is 0.416 e. The third-order valence-electron chi connectivity index (χ3n) is 5.61. The van der Waals surface area contributed by atoms with Crippen LogP contribution in [0.1, 0.15) is 49.4 Å². The number of aliphatic hydroxyl groups excluding tert-OH is 2. The summed E-state index contributed by atoms with van der Waals surface area (Å²) in [4.78, 5) is 19.7. The minimum absolute atomic E-state index is 0.0474. The molecule has 0 fully saturated rings. The highest BCUT2D eigenvalue weighted by Gasteiger charge is 2.31. The Labute approximate surface area is 217 Å². The van der Waals surface area contributed by atoms with Crippen molar-refractivity contribution in [2.45, 2.75) is 51.0 Å². The molecule has 0 amide bonds. The lowest BCUT2D eigenvalue weighted by Gasteiger charge is -2.13. The number of hydrogen-bond acceptors (Lipinski definition) is 8. The van der Waals surface area contributed by atoms with E-state index in [1.807, 2.05) is 13.8 Å². The van der Waals surface area contributed by atoms with Crippen LogP contribution < -0.4 is 4.74 Å². The Bertz CT molecular complexity index is 1290. The number of halogens is 3. The topological polar surface area (TPSA) is 120 Å². The smallest absolute Gasteiger partial charge is 0.416 e. The van der Waals surface area contributed by atoms with E-state index in [1.165, 1.54) is 43.3 Å². The van der Waals surface area contributed by atoms with Gasteiger partial charge in [0.05, 0.1) is 49.8 Å². The highest BCUT2D eigenvalue weighted by Crippen LogP contribution is 2.37. The molecule has 38 heavy (non-hydrogen) atoms. The van der Waals surface area contributed by atoms with Gasteiger partial charge in [0.1, 0.15) is 0 Å². The van der Waals surface area contributed by atoms with Crippen LogP contribution in [0.3, 0.4) is 0 Å². The number of carbonyl (C=O) groups is 1. The van der Waals surface area contributed by atoms with Gasteiger partial charge in [0.25, 0.3) is 0 Å². The van der Waals surface area contributed by atoms with Gasteiger partial charge in [-0.15, -0.1) is 0 Å². The Balaban J connectivity index is 2.16. The van der Waals surface area contributed by atoms with Crippen LogP contribution in [0.4, 0.5) is 13.2 Å². The molecule has 0 saturated carbocycles. The van der Waals surface area contributed by atoms with Crippen molar-refractivity contribution in [1.29, 1.82) is 0 Å². The lowest BCUT2D eigenvalue weighted by Crippen LogP contribution is -2.20. The van der Waals surface area contributed by atoms with Gasteiger partial charge in [-0.05, 0) is 18.1 Å². The molecule has 0 aliphatic heterocycles. The molecule has 0 radical (unpaired) electrons. The molecule has 9 nitrogen and oxygen atoms in total. The fraction of sp³-hybridized carbons (Fsp3) is 0.385. The standard InChI is InChI=1S/C26H29F3N4O5/c1-15(2)23-20(9-8-18(34)13-19(35)14-22(36)37-3)24(16-6-5-7-17(12-16)26(27,28)29)33(32-23)21-10-11-30-25(31-21)38-4/h5-12,15,18-19,34-35H,13-14H2,1-4H3/b9-8+/t18-,19-/m1/s1. The molecule has 1 aromatic carbocycles. The summed E-state index contributed by atoms with van der Waals surface area (Å²) in [5.41, 5.74) is 0.678. The third-order valence-corrected chi connectivity index (χ3v) is 5.61.